The van der Waals surface area contributed by atoms with E-state index in [9.17, 15) is 21.6 Å². The summed E-state index contributed by atoms with van der Waals surface area (Å²) in [6.07, 6.45) is -4.64. The Labute approximate surface area is 104 Å². The van der Waals surface area contributed by atoms with Crippen LogP contribution < -0.4 is 5.14 Å². The maximum absolute atomic E-state index is 12.4. The molecule has 0 saturated heterocycles. The van der Waals surface area contributed by atoms with Crippen LogP contribution in [0.25, 0.3) is 4.96 Å². The zero-order valence-corrected chi connectivity index (χ0v) is 10.8. The average Bonchev–Trinajstić information content (AvgIpc) is 2.63. The number of sulfonamides is 1. The maximum Gasteiger partial charge on any atom is 0.436 e. The van der Waals surface area contributed by atoms with Crippen molar-refractivity contribution >= 4 is 42.3 Å². The predicted molar refractivity (Wildman–Crippen MR) is 54.9 cm³/mol. The normalized spacial score (nSPS) is 13.5. The number of halogens is 4. The lowest BCUT2D eigenvalue weighted by molar-refractivity contribution is -0.141. The molecule has 2 aromatic heterocycles. The van der Waals surface area contributed by atoms with Crippen molar-refractivity contribution in [3.8, 4) is 0 Å². The van der Waals surface area contributed by atoms with Crippen LogP contribution in [0.3, 0.4) is 0 Å². The van der Waals surface area contributed by atoms with Crippen LogP contribution in [0.5, 0.6) is 0 Å². The fourth-order valence-electron chi connectivity index (χ4n) is 1.00. The van der Waals surface area contributed by atoms with Crippen LogP contribution in [0, 0.1) is 0 Å². The largest absolute Gasteiger partial charge is 0.436 e. The van der Waals surface area contributed by atoms with Gasteiger partial charge in [0.25, 0.3) is 10.0 Å². The van der Waals surface area contributed by atoms with Gasteiger partial charge in [-0.05, 0) is 15.9 Å². The highest BCUT2D eigenvalue weighted by molar-refractivity contribution is 9.10. The fraction of sp³-hybridized carbons (Fsp3) is 0.200. The number of rotatable bonds is 1. The van der Waals surface area contributed by atoms with Crippen molar-refractivity contribution in [2.75, 3.05) is 0 Å². The van der Waals surface area contributed by atoms with Gasteiger partial charge in [-0.25, -0.2) is 18.5 Å². The van der Waals surface area contributed by atoms with Gasteiger partial charge >= 0.3 is 6.18 Å². The quantitative estimate of drug-likeness (QED) is 0.837. The molecule has 0 aliphatic rings. The Morgan fingerprint density at radius 3 is 2.41 bits per heavy atom. The first-order chi connectivity index (χ1) is 7.60. The monoisotopic (exact) mass is 350 g/mol. The van der Waals surface area contributed by atoms with E-state index >= 15 is 0 Å². The van der Waals surface area contributed by atoms with Crippen molar-refractivity contribution in [3.63, 3.8) is 0 Å². The molecule has 0 saturated carbocycles. The third-order valence-corrected chi connectivity index (χ3v) is 4.57. The number of aromatic nitrogens is 3. The summed E-state index contributed by atoms with van der Waals surface area (Å²) < 4.78 is 58.9. The molecule has 0 aromatic carbocycles. The number of alkyl halides is 3. The van der Waals surface area contributed by atoms with Crippen LogP contribution in [0.1, 0.15) is 5.69 Å². The molecule has 12 heteroatoms. The van der Waals surface area contributed by atoms with E-state index in [-0.39, 0.29) is 4.96 Å². The summed E-state index contributed by atoms with van der Waals surface area (Å²) >= 11 is 3.11. The molecule has 0 aliphatic carbocycles. The van der Waals surface area contributed by atoms with Gasteiger partial charge in [-0.1, -0.05) is 11.3 Å². The van der Waals surface area contributed by atoms with E-state index in [4.69, 9.17) is 5.14 Å². The molecule has 0 aliphatic heterocycles. The molecule has 2 rings (SSSR count). The first-order valence-electron chi connectivity index (χ1n) is 3.76. The highest BCUT2D eigenvalue weighted by Gasteiger charge is 2.38. The van der Waals surface area contributed by atoms with Crippen LogP contribution in [0.15, 0.2) is 8.94 Å². The third kappa shape index (κ3) is 2.17. The van der Waals surface area contributed by atoms with Crippen molar-refractivity contribution in [1.82, 2.24) is 14.6 Å². The Kier molecular flexibility index (Phi) is 2.72. The SMILES string of the molecule is NS(=O)(=O)c1nn2c(Br)c(C(F)(F)F)nc2s1. The molecule has 0 fully saturated rings. The van der Waals surface area contributed by atoms with E-state index in [1.165, 1.54) is 0 Å². The lowest BCUT2D eigenvalue weighted by Crippen LogP contribution is -2.12. The van der Waals surface area contributed by atoms with Crippen molar-refractivity contribution in [2.45, 2.75) is 10.5 Å². The Morgan fingerprint density at radius 2 is 2.00 bits per heavy atom. The van der Waals surface area contributed by atoms with E-state index in [2.05, 4.69) is 26.0 Å². The van der Waals surface area contributed by atoms with Crippen molar-refractivity contribution < 1.29 is 21.6 Å². The molecule has 17 heavy (non-hydrogen) atoms. The van der Waals surface area contributed by atoms with E-state index in [0.717, 1.165) is 4.52 Å². The lowest BCUT2D eigenvalue weighted by atomic mass is 10.5. The van der Waals surface area contributed by atoms with E-state index < -0.39 is 30.8 Å². The molecule has 6 nitrogen and oxygen atoms in total. The summed E-state index contributed by atoms with van der Waals surface area (Å²) in [5.74, 6) is 0. The van der Waals surface area contributed by atoms with Crippen molar-refractivity contribution in [3.05, 3.63) is 10.3 Å². The van der Waals surface area contributed by atoms with E-state index in [0.29, 0.717) is 11.3 Å². The zero-order valence-electron chi connectivity index (χ0n) is 7.56. The lowest BCUT2D eigenvalue weighted by Gasteiger charge is -2.01. The summed E-state index contributed by atoms with van der Waals surface area (Å²) in [4.78, 5) is 3.03. The van der Waals surface area contributed by atoms with Gasteiger partial charge < -0.3 is 0 Å². The molecule has 2 heterocycles. The number of primary sulfonamides is 1. The van der Waals surface area contributed by atoms with Gasteiger partial charge in [-0.2, -0.15) is 17.7 Å². The Hall–Kier alpha value is -0.720. The second kappa shape index (κ2) is 3.63. The summed E-state index contributed by atoms with van der Waals surface area (Å²) in [6.45, 7) is 0. The van der Waals surface area contributed by atoms with Crippen LogP contribution in [-0.2, 0) is 16.2 Å². The minimum atomic E-state index is -4.64. The second-order valence-electron chi connectivity index (χ2n) is 2.86. The van der Waals surface area contributed by atoms with Crippen LogP contribution in [0.4, 0.5) is 13.2 Å². The average molecular weight is 351 g/mol. The standard InChI is InChI=1S/C5H2BrF3N4O2S2/c6-2-1(5(7,8)9)11-3-13(2)12-4(16-3)17(10,14)15/h(H2,10,14,15). The van der Waals surface area contributed by atoms with Crippen LogP contribution in [0.2, 0.25) is 0 Å². The Bertz CT molecular complexity index is 688. The first kappa shape index (κ1) is 12.7. The Morgan fingerprint density at radius 1 is 1.41 bits per heavy atom. The number of fused-ring (bicyclic) bond motifs is 1. The predicted octanol–water partition coefficient (Wildman–Crippen LogP) is 1.22. The fourth-order valence-corrected chi connectivity index (χ4v) is 3.20. The van der Waals surface area contributed by atoms with E-state index in [1.807, 2.05) is 0 Å². The minimum Gasteiger partial charge on any atom is -0.223 e. The topological polar surface area (TPSA) is 90.4 Å². The maximum atomic E-state index is 12.4. The molecule has 0 unspecified atom stereocenters. The summed E-state index contributed by atoms with van der Waals surface area (Å²) in [5.41, 5.74) is -1.17. The smallest absolute Gasteiger partial charge is 0.223 e. The number of nitrogens with zero attached hydrogens (tertiary/aromatic N) is 3. The van der Waals surface area contributed by atoms with E-state index in [1.54, 1.807) is 0 Å². The zero-order chi connectivity index (χ0) is 13.0. The second-order valence-corrected chi connectivity index (χ2v) is 6.30. The van der Waals surface area contributed by atoms with Gasteiger partial charge in [0, 0.05) is 0 Å². The van der Waals surface area contributed by atoms with Crippen LogP contribution >= 0.6 is 27.3 Å². The Balaban J connectivity index is 2.69. The van der Waals surface area contributed by atoms with Crippen molar-refractivity contribution in [1.29, 1.82) is 0 Å². The summed E-state index contributed by atoms with van der Waals surface area (Å²) in [5, 5.41) is 8.23. The molecule has 0 spiro atoms. The van der Waals surface area contributed by atoms with Gasteiger partial charge in [0.15, 0.2) is 5.69 Å². The molecule has 2 N–H and O–H groups in total. The summed E-state index contributed by atoms with van der Waals surface area (Å²) in [6, 6.07) is 0. The molecular formula is C5H2BrF3N4O2S2. The summed E-state index contributed by atoms with van der Waals surface area (Å²) in [7, 11) is -4.06. The number of hydrogen-bond donors (Lipinski definition) is 1. The van der Waals surface area contributed by atoms with Crippen LogP contribution in [-0.4, -0.2) is 23.0 Å². The van der Waals surface area contributed by atoms with Gasteiger partial charge in [-0.3, -0.25) is 0 Å². The van der Waals surface area contributed by atoms with Gasteiger partial charge in [0.2, 0.25) is 9.30 Å². The molecule has 0 atom stereocenters. The number of nitrogens with two attached hydrogens (primary N) is 1. The third-order valence-electron chi connectivity index (χ3n) is 1.64. The molecule has 0 bridgehead atoms. The number of hydrogen-bond acceptors (Lipinski definition) is 5. The molecular weight excluding hydrogens is 349 g/mol. The molecule has 0 radical (unpaired) electrons. The van der Waals surface area contributed by atoms with Gasteiger partial charge in [0.1, 0.15) is 4.60 Å². The number of imidazole rings is 1. The first-order valence-corrected chi connectivity index (χ1v) is 6.91. The highest BCUT2D eigenvalue weighted by Crippen LogP contribution is 2.35. The minimum absolute atomic E-state index is 0.215. The molecule has 94 valence electrons. The molecule has 0 amide bonds. The highest BCUT2D eigenvalue weighted by atomic mass is 79.9. The van der Waals surface area contributed by atoms with Gasteiger partial charge in [-0.15, -0.1) is 5.10 Å². The van der Waals surface area contributed by atoms with Crippen molar-refractivity contribution in [2.24, 2.45) is 5.14 Å². The van der Waals surface area contributed by atoms with Gasteiger partial charge in [0.05, 0.1) is 0 Å². The molecule has 2 aromatic rings.